The third-order valence-corrected chi connectivity index (χ3v) is 8.97. The lowest BCUT2D eigenvalue weighted by atomic mass is 9.88. The Kier molecular flexibility index (Phi) is 7.93. The Bertz CT molecular complexity index is 1410. The quantitative estimate of drug-likeness (QED) is 0.376. The third-order valence-electron chi connectivity index (χ3n) is 8.97. The molecular weight excluding hydrogens is 524 g/mol. The molecule has 1 aliphatic carbocycles. The molecule has 1 aromatic heterocycles. The summed E-state index contributed by atoms with van der Waals surface area (Å²) in [7, 11) is 0. The van der Waals surface area contributed by atoms with E-state index >= 15 is 4.39 Å². The summed E-state index contributed by atoms with van der Waals surface area (Å²) in [6.07, 6.45) is 5.99. The van der Waals surface area contributed by atoms with Crippen molar-refractivity contribution in [1.82, 2.24) is 9.88 Å². The molecule has 41 heavy (non-hydrogen) atoms. The standard InChI is InChI=1S/C33H37F2N3O3/c1-21-17-24(22-9-13-37(14-10-22)27-7-8-27)5-6-25(21)20-41-32-28(18-26(34)19-29(32)35)30-3-2-4-31(36-30)38-15-11-23(12-16-38)33(39)40/h2-6,17-19,22-23,27H,7-16,20H2,1H3,(H,39,40)/p-1. The van der Waals surface area contributed by atoms with Crippen LogP contribution in [0.4, 0.5) is 14.6 Å². The number of rotatable bonds is 8. The van der Waals surface area contributed by atoms with Crippen LogP contribution in [0.3, 0.4) is 0 Å². The number of aliphatic carboxylic acids is 1. The zero-order valence-corrected chi connectivity index (χ0v) is 23.5. The van der Waals surface area contributed by atoms with Crippen molar-refractivity contribution in [2.24, 2.45) is 5.92 Å². The van der Waals surface area contributed by atoms with E-state index in [9.17, 15) is 14.3 Å². The molecular formula is C33H36F2N3O3-. The molecule has 0 unspecified atom stereocenters. The fraction of sp³-hybridized carbons (Fsp3) is 0.455. The maximum atomic E-state index is 15.1. The van der Waals surface area contributed by atoms with Crippen LogP contribution in [0.5, 0.6) is 5.75 Å². The molecule has 0 atom stereocenters. The van der Waals surface area contributed by atoms with Crippen molar-refractivity contribution >= 4 is 11.8 Å². The number of carbonyl (C=O) groups is 1. The van der Waals surface area contributed by atoms with Crippen LogP contribution in [0.15, 0.2) is 48.5 Å². The molecule has 0 amide bonds. The fourth-order valence-corrected chi connectivity index (χ4v) is 6.31. The molecule has 3 fully saturated rings. The van der Waals surface area contributed by atoms with Crippen LogP contribution in [0.2, 0.25) is 0 Å². The van der Waals surface area contributed by atoms with Crippen molar-refractivity contribution in [1.29, 1.82) is 0 Å². The predicted molar refractivity (Wildman–Crippen MR) is 152 cm³/mol. The first-order valence-electron chi connectivity index (χ1n) is 14.7. The zero-order valence-electron chi connectivity index (χ0n) is 23.5. The molecule has 0 N–H and O–H groups in total. The van der Waals surface area contributed by atoms with E-state index in [0.29, 0.717) is 43.4 Å². The van der Waals surface area contributed by atoms with E-state index in [2.05, 4.69) is 35.0 Å². The molecule has 8 heteroatoms. The number of piperidine rings is 2. The number of ether oxygens (including phenoxy) is 1. The topological polar surface area (TPSA) is 68.7 Å². The lowest BCUT2D eigenvalue weighted by Crippen LogP contribution is -2.41. The van der Waals surface area contributed by atoms with Crippen molar-refractivity contribution in [2.45, 2.75) is 64.0 Å². The summed E-state index contributed by atoms with van der Waals surface area (Å²) >= 11 is 0. The van der Waals surface area contributed by atoms with Gasteiger partial charge in [0.05, 0.1) is 5.69 Å². The highest BCUT2D eigenvalue weighted by Gasteiger charge is 2.32. The molecule has 3 aliphatic rings. The Balaban J connectivity index is 1.17. The van der Waals surface area contributed by atoms with Gasteiger partial charge in [-0.15, -0.1) is 0 Å². The minimum Gasteiger partial charge on any atom is -0.550 e. The van der Waals surface area contributed by atoms with Gasteiger partial charge in [-0.25, -0.2) is 13.8 Å². The van der Waals surface area contributed by atoms with Gasteiger partial charge in [-0.05, 0) is 99.3 Å². The maximum Gasteiger partial charge on any atom is 0.168 e. The van der Waals surface area contributed by atoms with Crippen LogP contribution in [-0.4, -0.2) is 48.1 Å². The Morgan fingerprint density at radius 2 is 1.73 bits per heavy atom. The van der Waals surface area contributed by atoms with E-state index in [0.717, 1.165) is 23.2 Å². The van der Waals surface area contributed by atoms with Gasteiger partial charge in [-0.2, -0.15) is 0 Å². The number of carboxylic acid groups (broad SMARTS) is 1. The van der Waals surface area contributed by atoms with Gasteiger partial charge in [0.1, 0.15) is 18.2 Å². The van der Waals surface area contributed by atoms with E-state index in [1.807, 2.05) is 11.0 Å². The minimum absolute atomic E-state index is 0.0392. The number of aryl methyl sites for hydroxylation is 1. The number of anilines is 1. The summed E-state index contributed by atoms with van der Waals surface area (Å²) in [5, 5.41) is 11.2. The number of carboxylic acids is 1. The largest absolute Gasteiger partial charge is 0.550 e. The summed E-state index contributed by atoms with van der Waals surface area (Å²) in [5.74, 6) is -1.83. The number of nitrogens with zero attached hydrogens (tertiary/aromatic N) is 3. The highest BCUT2D eigenvalue weighted by atomic mass is 19.1. The summed E-state index contributed by atoms with van der Waals surface area (Å²) < 4.78 is 35.5. The molecule has 2 saturated heterocycles. The number of hydrogen-bond donors (Lipinski definition) is 0. The van der Waals surface area contributed by atoms with Gasteiger partial charge in [0, 0.05) is 42.6 Å². The summed E-state index contributed by atoms with van der Waals surface area (Å²) in [6, 6.07) is 14.7. The fourth-order valence-electron chi connectivity index (χ4n) is 6.31. The highest BCUT2D eigenvalue weighted by Crippen LogP contribution is 2.37. The summed E-state index contributed by atoms with van der Waals surface area (Å²) in [4.78, 5) is 20.5. The second-order valence-corrected chi connectivity index (χ2v) is 11.7. The van der Waals surface area contributed by atoms with Gasteiger partial charge in [0.2, 0.25) is 0 Å². The van der Waals surface area contributed by atoms with E-state index in [4.69, 9.17) is 4.74 Å². The van der Waals surface area contributed by atoms with Gasteiger partial charge in [-0.3, -0.25) is 0 Å². The van der Waals surface area contributed by atoms with Gasteiger partial charge in [0.25, 0.3) is 0 Å². The van der Waals surface area contributed by atoms with Gasteiger partial charge in [-0.1, -0.05) is 24.3 Å². The maximum absolute atomic E-state index is 15.1. The first kappa shape index (κ1) is 27.6. The molecule has 0 radical (unpaired) electrons. The first-order valence-corrected chi connectivity index (χ1v) is 14.7. The Labute approximate surface area is 240 Å². The Morgan fingerprint density at radius 1 is 0.976 bits per heavy atom. The van der Waals surface area contributed by atoms with Gasteiger partial charge < -0.3 is 24.4 Å². The molecule has 1 saturated carbocycles. The minimum atomic E-state index is -1.03. The van der Waals surface area contributed by atoms with Gasteiger partial charge >= 0.3 is 0 Å². The first-order chi connectivity index (χ1) is 19.9. The van der Waals surface area contributed by atoms with E-state index in [1.54, 1.807) is 12.1 Å². The number of carbonyl (C=O) groups excluding carboxylic acids is 1. The van der Waals surface area contributed by atoms with Crippen LogP contribution in [0.1, 0.15) is 61.1 Å². The van der Waals surface area contributed by atoms with Crippen molar-refractivity contribution in [3.63, 3.8) is 0 Å². The van der Waals surface area contributed by atoms with Crippen LogP contribution in [0, 0.1) is 24.5 Å². The Morgan fingerprint density at radius 3 is 2.41 bits per heavy atom. The summed E-state index contributed by atoms with van der Waals surface area (Å²) in [6.45, 7) is 5.57. The molecule has 216 valence electrons. The van der Waals surface area contributed by atoms with Crippen molar-refractivity contribution < 1.29 is 23.4 Å². The third kappa shape index (κ3) is 6.22. The van der Waals surface area contributed by atoms with E-state index in [1.165, 1.54) is 50.4 Å². The molecule has 6 rings (SSSR count). The van der Waals surface area contributed by atoms with Crippen LogP contribution in [0.25, 0.3) is 11.3 Å². The SMILES string of the molecule is Cc1cc(C2CCN(C3CC3)CC2)ccc1COc1c(F)cc(F)cc1-c1cccc(N2CCC(C(=O)[O-])CC2)n1. The molecule has 0 bridgehead atoms. The van der Waals surface area contributed by atoms with E-state index in [-0.39, 0.29) is 17.9 Å². The second kappa shape index (κ2) is 11.8. The Hall–Kier alpha value is -3.52. The number of pyridine rings is 1. The molecule has 6 nitrogen and oxygen atoms in total. The lowest BCUT2D eigenvalue weighted by molar-refractivity contribution is -0.312. The number of hydrogen-bond acceptors (Lipinski definition) is 6. The number of halogens is 2. The van der Waals surface area contributed by atoms with Crippen LogP contribution in [-0.2, 0) is 11.4 Å². The molecule has 3 heterocycles. The molecule has 2 aromatic carbocycles. The van der Waals surface area contributed by atoms with Crippen LogP contribution >= 0.6 is 0 Å². The zero-order chi connectivity index (χ0) is 28.5. The average molecular weight is 561 g/mol. The van der Waals surface area contributed by atoms with Crippen molar-refractivity contribution in [3.8, 4) is 17.0 Å². The predicted octanol–water partition coefficient (Wildman–Crippen LogP) is 5.22. The monoisotopic (exact) mass is 560 g/mol. The highest BCUT2D eigenvalue weighted by molar-refractivity contribution is 5.70. The summed E-state index contributed by atoms with van der Waals surface area (Å²) in [5.41, 5.74) is 4.03. The van der Waals surface area contributed by atoms with Gasteiger partial charge in [0.15, 0.2) is 11.6 Å². The molecule has 3 aromatic rings. The second-order valence-electron chi connectivity index (χ2n) is 11.7. The number of likely N-dealkylation sites (tertiary alicyclic amines) is 1. The lowest BCUT2D eigenvalue weighted by Gasteiger charge is -2.33. The van der Waals surface area contributed by atoms with E-state index < -0.39 is 23.5 Å². The smallest absolute Gasteiger partial charge is 0.168 e. The molecule has 2 aliphatic heterocycles. The average Bonchev–Trinajstić information content (AvgIpc) is 3.83. The number of aromatic nitrogens is 1. The van der Waals surface area contributed by atoms with Crippen molar-refractivity contribution in [3.05, 3.63) is 76.9 Å². The normalized spacial score (nSPS) is 19.0. The van der Waals surface area contributed by atoms with Crippen molar-refractivity contribution in [2.75, 3.05) is 31.1 Å². The number of benzene rings is 2. The molecule has 0 spiro atoms. The van der Waals surface area contributed by atoms with Crippen LogP contribution < -0.4 is 14.7 Å².